The van der Waals surface area contributed by atoms with Crippen LogP contribution in [-0.4, -0.2) is 11.9 Å². The first-order chi connectivity index (χ1) is 6.49. The number of amides is 1. The van der Waals surface area contributed by atoms with Gasteiger partial charge in [0.25, 0.3) is 0 Å². The van der Waals surface area contributed by atoms with Gasteiger partial charge in [0, 0.05) is 10.7 Å². The molecule has 1 amide bonds. The molecule has 1 aromatic carbocycles. The fraction of sp³-hybridized carbons (Fsp3) is 0.222. The van der Waals surface area contributed by atoms with Crippen molar-refractivity contribution in [2.24, 2.45) is 5.73 Å². The number of anilines is 1. The molecule has 0 aromatic heterocycles. The van der Waals surface area contributed by atoms with Crippen LogP contribution in [-0.2, 0) is 4.79 Å². The molecule has 0 saturated heterocycles. The van der Waals surface area contributed by atoms with Gasteiger partial charge in [-0.1, -0.05) is 11.6 Å². The lowest BCUT2D eigenvalue weighted by atomic mass is 10.3. The van der Waals surface area contributed by atoms with Crippen molar-refractivity contribution >= 4 is 23.2 Å². The van der Waals surface area contributed by atoms with E-state index < -0.39 is 11.9 Å². The maximum Gasteiger partial charge on any atom is 0.241 e. The van der Waals surface area contributed by atoms with E-state index in [1.165, 1.54) is 19.1 Å². The number of carbonyl (C=O) groups is 1. The van der Waals surface area contributed by atoms with Gasteiger partial charge in [-0.25, -0.2) is 4.39 Å². The Morgan fingerprint density at radius 2 is 2.21 bits per heavy atom. The van der Waals surface area contributed by atoms with Crippen LogP contribution in [0, 0.1) is 5.82 Å². The summed E-state index contributed by atoms with van der Waals surface area (Å²) in [7, 11) is 0. The zero-order valence-corrected chi connectivity index (χ0v) is 8.31. The summed E-state index contributed by atoms with van der Waals surface area (Å²) in [6, 6.07) is 3.14. The summed E-state index contributed by atoms with van der Waals surface area (Å²) >= 11 is 5.59. The van der Waals surface area contributed by atoms with Crippen molar-refractivity contribution in [2.75, 3.05) is 5.32 Å². The first-order valence-electron chi connectivity index (χ1n) is 4.01. The van der Waals surface area contributed by atoms with Crippen LogP contribution in [0.2, 0.25) is 5.02 Å². The Hall–Kier alpha value is -1.13. The molecule has 1 aromatic rings. The van der Waals surface area contributed by atoms with Crippen molar-refractivity contribution in [1.29, 1.82) is 0 Å². The molecule has 0 aliphatic heterocycles. The minimum absolute atomic E-state index is 0.227. The first-order valence-corrected chi connectivity index (χ1v) is 4.39. The topological polar surface area (TPSA) is 55.1 Å². The van der Waals surface area contributed by atoms with Gasteiger partial charge in [-0.3, -0.25) is 4.79 Å². The van der Waals surface area contributed by atoms with Gasteiger partial charge in [0.2, 0.25) is 5.91 Å². The molecule has 0 bridgehead atoms. The van der Waals surface area contributed by atoms with Crippen molar-refractivity contribution in [1.82, 2.24) is 0 Å². The van der Waals surface area contributed by atoms with Gasteiger partial charge in [0.15, 0.2) is 0 Å². The average molecular weight is 217 g/mol. The molecule has 0 spiro atoms. The number of benzene rings is 1. The van der Waals surface area contributed by atoms with Gasteiger partial charge in [-0.15, -0.1) is 0 Å². The fourth-order valence-corrected chi connectivity index (χ4v) is 1.10. The van der Waals surface area contributed by atoms with Crippen LogP contribution < -0.4 is 11.1 Å². The van der Waals surface area contributed by atoms with Gasteiger partial charge >= 0.3 is 0 Å². The molecule has 76 valence electrons. The van der Waals surface area contributed by atoms with Crippen LogP contribution in [0.25, 0.3) is 0 Å². The van der Waals surface area contributed by atoms with E-state index >= 15 is 0 Å². The number of rotatable bonds is 2. The highest BCUT2D eigenvalue weighted by molar-refractivity contribution is 6.30. The zero-order chi connectivity index (χ0) is 10.7. The molecule has 3 nitrogen and oxygen atoms in total. The third kappa shape index (κ3) is 2.97. The van der Waals surface area contributed by atoms with E-state index in [4.69, 9.17) is 17.3 Å². The summed E-state index contributed by atoms with van der Waals surface area (Å²) in [5, 5.41) is 2.66. The largest absolute Gasteiger partial charge is 0.325 e. The number of hydrogen-bond acceptors (Lipinski definition) is 2. The molecule has 3 N–H and O–H groups in total. The van der Waals surface area contributed by atoms with Gasteiger partial charge in [-0.2, -0.15) is 0 Å². The zero-order valence-electron chi connectivity index (χ0n) is 7.55. The van der Waals surface area contributed by atoms with E-state index in [-0.39, 0.29) is 10.9 Å². The van der Waals surface area contributed by atoms with Crippen molar-refractivity contribution in [3.63, 3.8) is 0 Å². The highest BCUT2D eigenvalue weighted by Crippen LogP contribution is 2.17. The second kappa shape index (κ2) is 4.39. The van der Waals surface area contributed by atoms with E-state index in [1.807, 2.05) is 0 Å². The van der Waals surface area contributed by atoms with Crippen LogP contribution in [0.3, 0.4) is 0 Å². The van der Waals surface area contributed by atoms with Crippen molar-refractivity contribution < 1.29 is 9.18 Å². The molecular formula is C9H10ClFN2O. The Morgan fingerprint density at radius 3 is 2.71 bits per heavy atom. The number of nitrogens with one attached hydrogen (secondary N) is 1. The lowest BCUT2D eigenvalue weighted by molar-refractivity contribution is -0.117. The van der Waals surface area contributed by atoms with E-state index in [9.17, 15) is 9.18 Å². The molecule has 1 unspecified atom stereocenters. The molecule has 5 heteroatoms. The molecule has 0 aliphatic rings. The lowest BCUT2D eigenvalue weighted by Crippen LogP contribution is -2.32. The SMILES string of the molecule is CC(N)C(=O)Nc1cc(F)cc(Cl)c1. The predicted molar refractivity (Wildman–Crippen MR) is 53.7 cm³/mol. The van der Waals surface area contributed by atoms with Gasteiger partial charge in [0.05, 0.1) is 6.04 Å². The Bertz CT molecular complexity index is 334. The molecule has 1 atom stereocenters. The first kappa shape index (κ1) is 10.9. The highest BCUT2D eigenvalue weighted by atomic mass is 35.5. The molecule has 0 fully saturated rings. The van der Waals surface area contributed by atoms with Crippen LogP contribution in [0.4, 0.5) is 10.1 Å². The Kier molecular flexibility index (Phi) is 3.43. The molecule has 1 rings (SSSR count). The second-order valence-electron chi connectivity index (χ2n) is 2.94. The summed E-state index contributed by atoms with van der Waals surface area (Å²) in [4.78, 5) is 11.1. The third-order valence-corrected chi connectivity index (χ3v) is 1.76. The molecule has 14 heavy (non-hydrogen) atoms. The molecule has 0 heterocycles. The van der Waals surface area contributed by atoms with Crippen molar-refractivity contribution in [3.8, 4) is 0 Å². The smallest absolute Gasteiger partial charge is 0.241 e. The minimum atomic E-state index is -0.642. The number of nitrogens with two attached hydrogens (primary N) is 1. The Morgan fingerprint density at radius 1 is 1.57 bits per heavy atom. The van der Waals surface area contributed by atoms with Crippen LogP contribution >= 0.6 is 11.6 Å². The van der Waals surface area contributed by atoms with Crippen LogP contribution in [0.5, 0.6) is 0 Å². The Labute approximate surface area is 86.0 Å². The van der Waals surface area contributed by atoms with Gasteiger partial charge in [-0.05, 0) is 25.1 Å². The van der Waals surface area contributed by atoms with Crippen molar-refractivity contribution in [3.05, 3.63) is 29.0 Å². The quantitative estimate of drug-likeness (QED) is 0.792. The molecule has 0 saturated carbocycles. The van der Waals surface area contributed by atoms with Crippen molar-refractivity contribution in [2.45, 2.75) is 13.0 Å². The normalized spacial score (nSPS) is 12.3. The standard InChI is InChI=1S/C9H10ClFN2O/c1-5(12)9(14)13-8-3-6(10)2-7(11)4-8/h2-5H,12H2,1H3,(H,13,14). The number of halogens is 2. The summed E-state index contributed by atoms with van der Waals surface area (Å²) in [5.74, 6) is -0.885. The van der Waals surface area contributed by atoms with E-state index in [2.05, 4.69) is 5.32 Å². The second-order valence-corrected chi connectivity index (χ2v) is 3.37. The average Bonchev–Trinajstić information content (AvgIpc) is 2.01. The summed E-state index contributed by atoms with van der Waals surface area (Å²) in [6.07, 6.45) is 0. The molecule has 0 aliphatic carbocycles. The van der Waals surface area contributed by atoms with Gasteiger partial charge in [0.1, 0.15) is 5.82 Å². The number of carbonyl (C=O) groups excluding carboxylic acids is 1. The number of hydrogen-bond donors (Lipinski definition) is 2. The lowest BCUT2D eigenvalue weighted by Gasteiger charge is -2.07. The van der Waals surface area contributed by atoms with Crippen LogP contribution in [0.15, 0.2) is 18.2 Å². The van der Waals surface area contributed by atoms with E-state index in [1.54, 1.807) is 0 Å². The summed E-state index contributed by atoms with van der Waals surface area (Å²) in [6.45, 7) is 1.54. The highest BCUT2D eigenvalue weighted by Gasteiger charge is 2.08. The molecular weight excluding hydrogens is 207 g/mol. The third-order valence-electron chi connectivity index (χ3n) is 1.54. The summed E-state index contributed by atoms with van der Waals surface area (Å²) < 4.78 is 12.8. The van der Waals surface area contributed by atoms with E-state index in [0.29, 0.717) is 5.69 Å². The minimum Gasteiger partial charge on any atom is -0.325 e. The maximum atomic E-state index is 12.8. The van der Waals surface area contributed by atoms with Crippen LogP contribution in [0.1, 0.15) is 6.92 Å². The summed E-state index contributed by atoms with van der Waals surface area (Å²) in [5.41, 5.74) is 5.62. The molecule has 0 radical (unpaired) electrons. The van der Waals surface area contributed by atoms with E-state index in [0.717, 1.165) is 6.07 Å². The monoisotopic (exact) mass is 216 g/mol. The predicted octanol–water partition coefficient (Wildman–Crippen LogP) is 1.76. The van der Waals surface area contributed by atoms with Gasteiger partial charge < -0.3 is 11.1 Å². The maximum absolute atomic E-state index is 12.8. The fourth-order valence-electron chi connectivity index (χ4n) is 0.882. The Balaban J connectivity index is 2.82.